The van der Waals surface area contributed by atoms with Crippen LogP contribution in [0.5, 0.6) is 5.75 Å². The van der Waals surface area contributed by atoms with Crippen LogP contribution in [0, 0.1) is 0 Å². The second-order valence-electron chi connectivity index (χ2n) is 5.27. The van der Waals surface area contributed by atoms with Crippen LogP contribution in [-0.2, 0) is 0 Å². The third-order valence-corrected chi connectivity index (χ3v) is 4.67. The Hall–Kier alpha value is -1.56. The van der Waals surface area contributed by atoms with Crippen LogP contribution in [0.1, 0.15) is 29.6 Å². The number of ketones is 1. The predicted octanol–water partition coefficient (Wildman–Crippen LogP) is 2.93. The molecule has 0 saturated carbocycles. The van der Waals surface area contributed by atoms with Crippen LogP contribution in [0.4, 0.5) is 4.79 Å². The molecule has 3 rings (SSSR count). The minimum Gasteiger partial charge on any atom is -0.486 e. The number of amides is 1. The molecule has 2 heterocycles. The predicted molar refractivity (Wildman–Crippen MR) is 75.3 cm³/mol. The van der Waals surface area contributed by atoms with Gasteiger partial charge in [0.2, 0.25) is 0 Å². The van der Waals surface area contributed by atoms with Crippen LogP contribution in [0.15, 0.2) is 22.7 Å². The molecular formula is C14H14BrNO4. The summed E-state index contributed by atoms with van der Waals surface area (Å²) in [5.74, 6) is 0.655. The van der Waals surface area contributed by atoms with Gasteiger partial charge in [-0.25, -0.2) is 4.79 Å². The van der Waals surface area contributed by atoms with Gasteiger partial charge in [-0.1, -0.05) is 6.07 Å². The van der Waals surface area contributed by atoms with E-state index in [1.54, 1.807) is 6.07 Å². The maximum Gasteiger partial charge on any atom is 0.407 e. The highest BCUT2D eigenvalue weighted by Crippen LogP contribution is 2.41. The fourth-order valence-corrected chi connectivity index (χ4v) is 3.46. The number of hydrogen-bond donors (Lipinski definition) is 1. The summed E-state index contributed by atoms with van der Waals surface area (Å²) in [5, 5.41) is 8.98. The van der Waals surface area contributed by atoms with E-state index in [1.165, 1.54) is 4.90 Å². The Balaban J connectivity index is 1.86. The largest absolute Gasteiger partial charge is 0.486 e. The van der Waals surface area contributed by atoms with E-state index in [0.29, 0.717) is 43.7 Å². The van der Waals surface area contributed by atoms with E-state index in [0.717, 1.165) is 4.47 Å². The summed E-state index contributed by atoms with van der Waals surface area (Å²) in [6.45, 7) is 0.817. The SMILES string of the molecule is O=C1CC2(CCN(C(=O)O)CC2)Oc2cccc(Br)c21. The van der Waals surface area contributed by atoms with Gasteiger partial charge >= 0.3 is 6.09 Å². The Morgan fingerprint density at radius 1 is 1.35 bits per heavy atom. The molecule has 0 bridgehead atoms. The summed E-state index contributed by atoms with van der Waals surface area (Å²) in [5.41, 5.74) is 0.0513. The number of Topliss-reactive ketones (excluding diaryl/α,β-unsaturated/α-hetero) is 1. The Morgan fingerprint density at radius 2 is 2.05 bits per heavy atom. The van der Waals surface area contributed by atoms with E-state index in [9.17, 15) is 9.59 Å². The van der Waals surface area contributed by atoms with E-state index < -0.39 is 11.7 Å². The van der Waals surface area contributed by atoms with E-state index >= 15 is 0 Å². The van der Waals surface area contributed by atoms with Crippen molar-refractivity contribution >= 4 is 27.8 Å². The first-order valence-electron chi connectivity index (χ1n) is 6.49. The number of halogens is 1. The zero-order chi connectivity index (χ0) is 14.3. The molecule has 1 N–H and O–H groups in total. The smallest absolute Gasteiger partial charge is 0.407 e. The molecule has 1 fully saturated rings. The summed E-state index contributed by atoms with van der Waals surface area (Å²) in [7, 11) is 0. The average molecular weight is 340 g/mol. The van der Waals surface area contributed by atoms with E-state index in [1.807, 2.05) is 12.1 Å². The number of nitrogens with zero attached hydrogens (tertiary/aromatic N) is 1. The molecule has 1 aromatic rings. The number of ether oxygens (including phenoxy) is 1. The molecule has 1 saturated heterocycles. The van der Waals surface area contributed by atoms with Gasteiger partial charge < -0.3 is 14.7 Å². The van der Waals surface area contributed by atoms with Gasteiger partial charge in [0.1, 0.15) is 11.4 Å². The van der Waals surface area contributed by atoms with Gasteiger partial charge in [0.05, 0.1) is 12.0 Å². The maximum absolute atomic E-state index is 12.4. The maximum atomic E-state index is 12.4. The number of carbonyl (C=O) groups is 2. The Labute approximate surface area is 124 Å². The highest BCUT2D eigenvalue weighted by atomic mass is 79.9. The van der Waals surface area contributed by atoms with Crippen molar-refractivity contribution in [1.29, 1.82) is 0 Å². The molecule has 2 aliphatic rings. The third kappa shape index (κ3) is 2.18. The summed E-state index contributed by atoms with van der Waals surface area (Å²) in [4.78, 5) is 24.7. The van der Waals surface area contributed by atoms with Crippen LogP contribution >= 0.6 is 15.9 Å². The molecule has 0 aliphatic carbocycles. The first-order valence-corrected chi connectivity index (χ1v) is 7.29. The minimum absolute atomic E-state index is 0.0579. The van der Waals surface area contributed by atoms with E-state index in [-0.39, 0.29) is 5.78 Å². The Kier molecular flexibility index (Phi) is 3.20. The van der Waals surface area contributed by atoms with Gasteiger partial charge in [0.25, 0.3) is 0 Å². The van der Waals surface area contributed by atoms with Gasteiger partial charge in [0, 0.05) is 30.4 Å². The fraction of sp³-hybridized carbons (Fsp3) is 0.429. The van der Waals surface area contributed by atoms with Crippen molar-refractivity contribution in [3.05, 3.63) is 28.2 Å². The topological polar surface area (TPSA) is 66.8 Å². The second kappa shape index (κ2) is 4.77. The third-order valence-electron chi connectivity index (χ3n) is 4.01. The number of carbonyl (C=O) groups excluding carboxylic acids is 1. The van der Waals surface area contributed by atoms with Crippen molar-refractivity contribution in [1.82, 2.24) is 4.90 Å². The van der Waals surface area contributed by atoms with Gasteiger partial charge in [0.15, 0.2) is 5.78 Å². The Morgan fingerprint density at radius 3 is 2.70 bits per heavy atom. The van der Waals surface area contributed by atoms with E-state index in [2.05, 4.69) is 15.9 Å². The summed E-state index contributed by atoms with van der Waals surface area (Å²) in [6, 6.07) is 5.45. The van der Waals surface area contributed by atoms with Crippen LogP contribution < -0.4 is 4.74 Å². The molecule has 0 atom stereocenters. The molecule has 5 nitrogen and oxygen atoms in total. The summed E-state index contributed by atoms with van der Waals surface area (Å²) >= 11 is 3.38. The Bertz CT molecular complexity index is 579. The van der Waals surface area contributed by atoms with Gasteiger partial charge in [-0.15, -0.1) is 0 Å². The zero-order valence-electron chi connectivity index (χ0n) is 10.8. The standard InChI is InChI=1S/C14H14BrNO4/c15-9-2-1-3-11-12(9)10(17)8-14(20-11)4-6-16(7-5-14)13(18)19/h1-3H,4-8H2,(H,18,19). The monoisotopic (exact) mass is 339 g/mol. The summed E-state index contributed by atoms with van der Waals surface area (Å²) in [6.07, 6.45) is 0.509. The van der Waals surface area contributed by atoms with Gasteiger partial charge in [-0.05, 0) is 28.1 Å². The number of likely N-dealkylation sites (tertiary alicyclic amines) is 1. The molecule has 20 heavy (non-hydrogen) atoms. The number of carboxylic acid groups (broad SMARTS) is 1. The van der Waals surface area contributed by atoms with Crippen LogP contribution in [0.3, 0.4) is 0 Å². The lowest BCUT2D eigenvalue weighted by Crippen LogP contribution is -2.52. The molecule has 0 aromatic heterocycles. The van der Waals surface area contributed by atoms with Crippen LogP contribution in [-0.4, -0.2) is 40.6 Å². The first kappa shape index (κ1) is 13.4. The molecule has 106 valence electrons. The van der Waals surface area contributed by atoms with Gasteiger partial charge in [-0.3, -0.25) is 4.79 Å². The molecule has 2 aliphatic heterocycles. The zero-order valence-corrected chi connectivity index (χ0v) is 12.4. The summed E-state index contributed by atoms with van der Waals surface area (Å²) < 4.78 is 6.82. The van der Waals surface area contributed by atoms with Crippen molar-refractivity contribution in [3.8, 4) is 5.75 Å². The first-order chi connectivity index (χ1) is 9.51. The second-order valence-corrected chi connectivity index (χ2v) is 6.12. The molecule has 0 unspecified atom stereocenters. The normalized spacial score (nSPS) is 20.4. The minimum atomic E-state index is -0.912. The quantitative estimate of drug-likeness (QED) is 0.789. The number of rotatable bonds is 0. The molecular weight excluding hydrogens is 326 g/mol. The highest BCUT2D eigenvalue weighted by molar-refractivity contribution is 9.10. The molecule has 1 aromatic carbocycles. The number of benzene rings is 1. The van der Waals surface area contributed by atoms with Gasteiger partial charge in [-0.2, -0.15) is 0 Å². The molecule has 0 radical (unpaired) electrons. The molecule has 1 amide bonds. The van der Waals surface area contributed by atoms with Crippen molar-refractivity contribution in [3.63, 3.8) is 0 Å². The van der Waals surface area contributed by atoms with Crippen LogP contribution in [0.2, 0.25) is 0 Å². The number of piperidine rings is 1. The lowest BCUT2D eigenvalue weighted by Gasteiger charge is -2.43. The molecule has 6 heteroatoms. The lowest BCUT2D eigenvalue weighted by atomic mass is 9.82. The van der Waals surface area contributed by atoms with Crippen molar-refractivity contribution in [2.24, 2.45) is 0 Å². The van der Waals surface area contributed by atoms with E-state index in [4.69, 9.17) is 9.84 Å². The lowest BCUT2D eigenvalue weighted by molar-refractivity contribution is -0.00530. The number of hydrogen-bond acceptors (Lipinski definition) is 3. The van der Waals surface area contributed by atoms with Crippen molar-refractivity contribution in [2.75, 3.05) is 13.1 Å². The van der Waals surface area contributed by atoms with Crippen molar-refractivity contribution < 1.29 is 19.4 Å². The highest BCUT2D eigenvalue weighted by Gasteiger charge is 2.44. The molecule has 1 spiro atoms. The van der Waals surface area contributed by atoms with Crippen LogP contribution in [0.25, 0.3) is 0 Å². The average Bonchev–Trinajstić information content (AvgIpc) is 2.38. The number of fused-ring (bicyclic) bond motifs is 1. The fourth-order valence-electron chi connectivity index (χ4n) is 2.89. The van der Waals surface area contributed by atoms with Crippen molar-refractivity contribution in [2.45, 2.75) is 24.9 Å².